The monoisotopic (exact) mass is 275 g/mol. The summed E-state index contributed by atoms with van der Waals surface area (Å²) in [5, 5.41) is 0.946. The Morgan fingerprint density at radius 3 is 2.63 bits per heavy atom. The molecular formula is C15H17NO2S. The van der Waals surface area contributed by atoms with E-state index in [0.717, 1.165) is 17.1 Å². The highest BCUT2D eigenvalue weighted by atomic mass is 32.1. The van der Waals surface area contributed by atoms with Crippen LogP contribution in [0.4, 0.5) is 0 Å². The van der Waals surface area contributed by atoms with Crippen LogP contribution in [0.2, 0.25) is 0 Å². The molecule has 2 aromatic rings. The van der Waals surface area contributed by atoms with Gasteiger partial charge in [-0.15, -0.1) is 11.3 Å². The van der Waals surface area contributed by atoms with Gasteiger partial charge in [0.2, 0.25) is 0 Å². The lowest BCUT2D eigenvalue weighted by Gasteiger charge is -2.03. The van der Waals surface area contributed by atoms with E-state index in [2.05, 4.69) is 37.0 Å². The van der Waals surface area contributed by atoms with E-state index in [4.69, 9.17) is 4.74 Å². The lowest BCUT2D eigenvalue weighted by atomic mass is 10.0. The molecule has 1 aromatic heterocycles. The summed E-state index contributed by atoms with van der Waals surface area (Å²) in [4.78, 5) is 16.6. The second kappa shape index (κ2) is 5.53. The molecule has 3 nitrogen and oxygen atoms in total. The van der Waals surface area contributed by atoms with E-state index in [1.165, 1.54) is 35.1 Å². The van der Waals surface area contributed by atoms with Gasteiger partial charge in [-0.2, -0.15) is 0 Å². The first-order chi connectivity index (χ1) is 9.01. The fourth-order valence-corrected chi connectivity index (χ4v) is 2.92. The van der Waals surface area contributed by atoms with E-state index in [1.54, 1.807) is 0 Å². The molecule has 0 bridgehead atoms. The van der Waals surface area contributed by atoms with Gasteiger partial charge in [-0.05, 0) is 37.5 Å². The fourth-order valence-electron chi connectivity index (χ4n) is 1.90. The summed E-state index contributed by atoms with van der Waals surface area (Å²) in [6, 6.07) is 6.40. The molecule has 0 aliphatic carbocycles. The fraction of sp³-hybridized carbons (Fsp3) is 0.333. The van der Waals surface area contributed by atoms with Gasteiger partial charge in [0.15, 0.2) is 0 Å². The number of methoxy groups -OCH3 is 1. The van der Waals surface area contributed by atoms with Gasteiger partial charge in [-0.3, -0.25) is 0 Å². The highest BCUT2D eigenvalue weighted by molar-refractivity contribution is 7.13. The van der Waals surface area contributed by atoms with Gasteiger partial charge in [0.1, 0.15) is 4.88 Å². The molecule has 0 saturated carbocycles. The van der Waals surface area contributed by atoms with Crippen LogP contribution in [0.15, 0.2) is 18.2 Å². The second-order valence-electron chi connectivity index (χ2n) is 4.61. The first kappa shape index (κ1) is 13.7. The van der Waals surface area contributed by atoms with Crippen LogP contribution < -0.4 is 0 Å². The summed E-state index contributed by atoms with van der Waals surface area (Å²) in [7, 11) is 1.39. The van der Waals surface area contributed by atoms with Gasteiger partial charge in [-0.1, -0.05) is 18.2 Å². The van der Waals surface area contributed by atoms with Crippen molar-refractivity contribution in [3.05, 3.63) is 50.5 Å². The lowest BCUT2D eigenvalue weighted by Crippen LogP contribution is -1.99. The first-order valence-corrected chi connectivity index (χ1v) is 6.93. The van der Waals surface area contributed by atoms with Gasteiger partial charge in [-0.25, -0.2) is 9.78 Å². The number of aromatic nitrogens is 1. The van der Waals surface area contributed by atoms with Crippen molar-refractivity contribution >= 4 is 17.3 Å². The minimum atomic E-state index is -0.304. The Bertz CT molecular complexity index is 617. The van der Waals surface area contributed by atoms with Gasteiger partial charge < -0.3 is 4.74 Å². The largest absolute Gasteiger partial charge is 0.465 e. The summed E-state index contributed by atoms with van der Waals surface area (Å²) in [5.74, 6) is -0.304. The molecule has 0 spiro atoms. The summed E-state index contributed by atoms with van der Waals surface area (Å²) in [6.45, 7) is 6.04. The van der Waals surface area contributed by atoms with Crippen LogP contribution >= 0.6 is 11.3 Å². The number of carbonyl (C=O) groups is 1. The molecule has 2 rings (SSSR count). The number of benzene rings is 1. The van der Waals surface area contributed by atoms with Crippen molar-refractivity contribution in [2.75, 3.05) is 7.11 Å². The third kappa shape index (κ3) is 3.01. The van der Waals surface area contributed by atoms with Gasteiger partial charge >= 0.3 is 5.97 Å². The Morgan fingerprint density at radius 1 is 1.26 bits per heavy atom. The number of nitrogens with zero attached hydrogens (tertiary/aromatic N) is 1. The van der Waals surface area contributed by atoms with Crippen LogP contribution in [0.3, 0.4) is 0 Å². The van der Waals surface area contributed by atoms with Crippen LogP contribution in [0.25, 0.3) is 0 Å². The van der Waals surface area contributed by atoms with Crippen molar-refractivity contribution in [2.45, 2.75) is 27.2 Å². The molecule has 0 saturated heterocycles. The minimum absolute atomic E-state index is 0.304. The number of aryl methyl sites for hydroxylation is 3. The van der Waals surface area contributed by atoms with Crippen LogP contribution in [0, 0.1) is 20.8 Å². The lowest BCUT2D eigenvalue weighted by molar-refractivity contribution is 0.0605. The molecule has 0 atom stereocenters. The molecule has 0 unspecified atom stereocenters. The number of esters is 1. The van der Waals surface area contributed by atoms with Gasteiger partial charge in [0.25, 0.3) is 0 Å². The maximum Gasteiger partial charge on any atom is 0.349 e. The number of hydrogen-bond donors (Lipinski definition) is 0. The zero-order chi connectivity index (χ0) is 14.0. The van der Waals surface area contributed by atoms with Crippen molar-refractivity contribution in [1.82, 2.24) is 4.98 Å². The van der Waals surface area contributed by atoms with Crippen molar-refractivity contribution < 1.29 is 9.53 Å². The van der Waals surface area contributed by atoms with Crippen molar-refractivity contribution in [3.63, 3.8) is 0 Å². The Balaban J connectivity index is 2.24. The van der Waals surface area contributed by atoms with Crippen LogP contribution in [-0.4, -0.2) is 18.1 Å². The van der Waals surface area contributed by atoms with Gasteiger partial charge in [0, 0.05) is 6.42 Å². The standard InChI is InChI=1S/C15H17NO2S/c1-9-5-6-12(7-10(9)2)8-13-16-11(3)14(19-13)15(17)18-4/h5-7H,8H2,1-4H3. The molecule has 1 aromatic carbocycles. The van der Waals surface area contributed by atoms with Crippen molar-refractivity contribution in [1.29, 1.82) is 0 Å². The predicted molar refractivity (Wildman–Crippen MR) is 76.9 cm³/mol. The highest BCUT2D eigenvalue weighted by Crippen LogP contribution is 2.22. The number of hydrogen-bond acceptors (Lipinski definition) is 4. The van der Waals surface area contributed by atoms with E-state index < -0.39 is 0 Å². The van der Waals surface area contributed by atoms with E-state index in [1.807, 2.05) is 6.92 Å². The molecule has 100 valence electrons. The molecule has 0 N–H and O–H groups in total. The van der Waals surface area contributed by atoms with E-state index in [-0.39, 0.29) is 5.97 Å². The smallest absolute Gasteiger partial charge is 0.349 e. The molecule has 0 radical (unpaired) electrons. The highest BCUT2D eigenvalue weighted by Gasteiger charge is 2.15. The molecule has 0 amide bonds. The van der Waals surface area contributed by atoms with Crippen LogP contribution in [0.1, 0.15) is 37.1 Å². The summed E-state index contributed by atoms with van der Waals surface area (Å²) in [5.41, 5.74) is 4.53. The number of rotatable bonds is 3. The van der Waals surface area contributed by atoms with E-state index >= 15 is 0 Å². The summed E-state index contributed by atoms with van der Waals surface area (Å²) >= 11 is 1.41. The molecule has 1 heterocycles. The molecule has 0 fully saturated rings. The quantitative estimate of drug-likeness (QED) is 0.805. The third-order valence-electron chi connectivity index (χ3n) is 3.14. The Kier molecular flexibility index (Phi) is 4.00. The number of carbonyl (C=O) groups excluding carboxylic acids is 1. The van der Waals surface area contributed by atoms with Crippen LogP contribution in [-0.2, 0) is 11.2 Å². The number of thiazole rings is 1. The average molecular weight is 275 g/mol. The Hall–Kier alpha value is -1.68. The Labute approximate surface area is 117 Å². The summed E-state index contributed by atoms with van der Waals surface area (Å²) in [6.07, 6.45) is 0.754. The van der Waals surface area contributed by atoms with Crippen molar-refractivity contribution in [3.8, 4) is 0 Å². The second-order valence-corrected chi connectivity index (χ2v) is 5.69. The zero-order valence-corrected chi connectivity index (χ0v) is 12.4. The van der Waals surface area contributed by atoms with Crippen molar-refractivity contribution in [2.24, 2.45) is 0 Å². The first-order valence-electron chi connectivity index (χ1n) is 6.12. The molecule has 4 heteroatoms. The van der Waals surface area contributed by atoms with E-state index in [9.17, 15) is 4.79 Å². The maximum absolute atomic E-state index is 11.5. The normalized spacial score (nSPS) is 10.5. The van der Waals surface area contributed by atoms with Crippen LogP contribution in [0.5, 0.6) is 0 Å². The Morgan fingerprint density at radius 2 is 2.00 bits per heavy atom. The molecule has 0 aliphatic heterocycles. The minimum Gasteiger partial charge on any atom is -0.465 e. The van der Waals surface area contributed by atoms with E-state index in [0.29, 0.717) is 4.88 Å². The maximum atomic E-state index is 11.5. The summed E-state index contributed by atoms with van der Waals surface area (Å²) < 4.78 is 4.75. The molecular weight excluding hydrogens is 258 g/mol. The zero-order valence-electron chi connectivity index (χ0n) is 11.6. The molecule has 0 aliphatic rings. The SMILES string of the molecule is COC(=O)c1sc(Cc2ccc(C)c(C)c2)nc1C. The average Bonchev–Trinajstić information content (AvgIpc) is 2.74. The number of ether oxygens (including phenoxy) is 1. The third-order valence-corrected chi connectivity index (χ3v) is 4.28. The van der Waals surface area contributed by atoms with Gasteiger partial charge in [0.05, 0.1) is 17.8 Å². The predicted octanol–water partition coefficient (Wildman–Crippen LogP) is 3.45. The molecule has 19 heavy (non-hydrogen) atoms. The topological polar surface area (TPSA) is 39.2 Å².